The molecule has 2 atom stereocenters. The first-order valence-electron chi connectivity index (χ1n) is 6.70. The topological polar surface area (TPSA) is 29.3 Å². The predicted octanol–water partition coefficient (Wildman–Crippen LogP) is 2.87. The summed E-state index contributed by atoms with van der Waals surface area (Å²) in [6.45, 7) is 11.2. The largest absolute Gasteiger partial charge is 0.329 e. The van der Waals surface area contributed by atoms with E-state index in [0.717, 1.165) is 19.0 Å². The van der Waals surface area contributed by atoms with Gasteiger partial charge in [-0.3, -0.25) is 4.90 Å². The number of hydrogen-bond acceptors (Lipinski definition) is 2. The van der Waals surface area contributed by atoms with Gasteiger partial charge in [-0.1, -0.05) is 40.5 Å². The minimum atomic E-state index is 0.269. The maximum absolute atomic E-state index is 6.08. The smallest absolute Gasteiger partial charge is 0.0331 e. The molecular formula is C14H30N2. The Morgan fingerprint density at radius 3 is 2.44 bits per heavy atom. The molecule has 1 aliphatic rings. The van der Waals surface area contributed by atoms with Gasteiger partial charge >= 0.3 is 0 Å². The fraction of sp³-hybridized carbons (Fsp3) is 1.00. The zero-order valence-corrected chi connectivity index (χ0v) is 11.8. The van der Waals surface area contributed by atoms with Gasteiger partial charge < -0.3 is 5.73 Å². The highest BCUT2D eigenvalue weighted by atomic mass is 15.2. The average molecular weight is 226 g/mol. The normalized spacial score (nSPS) is 32.1. The third kappa shape index (κ3) is 3.46. The molecule has 0 amide bonds. The summed E-state index contributed by atoms with van der Waals surface area (Å²) in [6.07, 6.45) is 5.27. The van der Waals surface area contributed by atoms with E-state index in [-0.39, 0.29) is 5.54 Å². The first-order chi connectivity index (χ1) is 7.29. The van der Waals surface area contributed by atoms with E-state index < -0.39 is 0 Å². The lowest BCUT2D eigenvalue weighted by atomic mass is 9.74. The molecule has 16 heavy (non-hydrogen) atoms. The summed E-state index contributed by atoms with van der Waals surface area (Å²) in [6, 6.07) is 0. The van der Waals surface area contributed by atoms with E-state index in [1.807, 2.05) is 0 Å². The molecule has 2 unspecified atom stereocenters. The second-order valence-corrected chi connectivity index (χ2v) is 7.05. The second-order valence-electron chi connectivity index (χ2n) is 7.05. The van der Waals surface area contributed by atoms with Gasteiger partial charge in [0.25, 0.3) is 0 Å². The SMILES string of the molecule is CC1CCCC(CN)(N(C)CC(C)(C)C)C1. The van der Waals surface area contributed by atoms with Gasteiger partial charge in [0.05, 0.1) is 0 Å². The lowest BCUT2D eigenvalue weighted by Crippen LogP contribution is -2.56. The third-order valence-corrected chi connectivity index (χ3v) is 3.97. The van der Waals surface area contributed by atoms with E-state index in [1.165, 1.54) is 25.7 Å². The minimum Gasteiger partial charge on any atom is -0.329 e. The van der Waals surface area contributed by atoms with Crippen LogP contribution in [-0.4, -0.2) is 30.6 Å². The van der Waals surface area contributed by atoms with Crippen LogP contribution < -0.4 is 5.73 Å². The number of nitrogens with two attached hydrogens (primary N) is 1. The Hall–Kier alpha value is -0.0800. The monoisotopic (exact) mass is 226 g/mol. The molecule has 0 saturated heterocycles. The van der Waals surface area contributed by atoms with Crippen LogP contribution in [0.15, 0.2) is 0 Å². The van der Waals surface area contributed by atoms with Crippen molar-refractivity contribution < 1.29 is 0 Å². The molecule has 2 N–H and O–H groups in total. The van der Waals surface area contributed by atoms with Crippen molar-refractivity contribution in [3.05, 3.63) is 0 Å². The molecule has 0 heterocycles. The van der Waals surface area contributed by atoms with Gasteiger partial charge in [0.2, 0.25) is 0 Å². The highest BCUT2D eigenvalue weighted by Gasteiger charge is 2.38. The number of rotatable bonds is 3. The summed E-state index contributed by atoms with van der Waals surface area (Å²) < 4.78 is 0. The number of likely N-dealkylation sites (N-methyl/N-ethyl adjacent to an activating group) is 1. The molecule has 2 nitrogen and oxygen atoms in total. The Morgan fingerprint density at radius 1 is 1.38 bits per heavy atom. The Kier molecular flexibility index (Phi) is 4.42. The van der Waals surface area contributed by atoms with Crippen molar-refractivity contribution >= 4 is 0 Å². The molecule has 0 radical (unpaired) electrons. The molecule has 1 aliphatic carbocycles. The third-order valence-electron chi connectivity index (χ3n) is 3.97. The quantitative estimate of drug-likeness (QED) is 0.802. The van der Waals surface area contributed by atoms with Crippen LogP contribution in [0.5, 0.6) is 0 Å². The van der Waals surface area contributed by atoms with Crippen LogP contribution in [0.25, 0.3) is 0 Å². The average Bonchev–Trinajstić information content (AvgIpc) is 2.14. The number of nitrogens with zero attached hydrogens (tertiary/aromatic N) is 1. The highest BCUT2D eigenvalue weighted by Crippen LogP contribution is 2.36. The maximum atomic E-state index is 6.08. The molecule has 0 aromatic heterocycles. The van der Waals surface area contributed by atoms with E-state index in [1.54, 1.807) is 0 Å². The Balaban J connectivity index is 2.71. The molecule has 2 heteroatoms. The Labute approximate surface area is 102 Å². The molecule has 1 saturated carbocycles. The fourth-order valence-electron chi connectivity index (χ4n) is 3.20. The van der Waals surface area contributed by atoms with Crippen molar-refractivity contribution in [3.63, 3.8) is 0 Å². The van der Waals surface area contributed by atoms with Crippen LogP contribution >= 0.6 is 0 Å². The first-order valence-corrected chi connectivity index (χ1v) is 6.70. The maximum Gasteiger partial charge on any atom is 0.0331 e. The standard InChI is InChI=1S/C14H30N2/c1-12-7-6-8-14(9-12,10-15)16(5)11-13(2,3)4/h12H,6-11,15H2,1-5H3. The summed E-state index contributed by atoms with van der Waals surface area (Å²) >= 11 is 0. The van der Waals surface area contributed by atoms with Gasteiger partial charge in [-0.05, 0) is 31.2 Å². The summed E-state index contributed by atoms with van der Waals surface area (Å²) in [5.74, 6) is 0.833. The highest BCUT2D eigenvalue weighted by molar-refractivity contribution is 4.95. The van der Waals surface area contributed by atoms with Crippen LogP contribution in [0.1, 0.15) is 53.4 Å². The first kappa shape index (κ1) is 14.0. The van der Waals surface area contributed by atoms with Gasteiger partial charge in [0.1, 0.15) is 0 Å². The molecule has 1 fully saturated rings. The minimum absolute atomic E-state index is 0.269. The molecule has 0 bridgehead atoms. The Morgan fingerprint density at radius 2 is 2.00 bits per heavy atom. The van der Waals surface area contributed by atoms with Gasteiger partial charge in [-0.25, -0.2) is 0 Å². The molecule has 1 rings (SSSR count). The molecule has 0 spiro atoms. The molecule has 0 aromatic rings. The summed E-state index contributed by atoms with van der Waals surface area (Å²) in [7, 11) is 2.26. The van der Waals surface area contributed by atoms with Crippen LogP contribution in [0.3, 0.4) is 0 Å². The van der Waals surface area contributed by atoms with Crippen molar-refractivity contribution in [1.29, 1.82) is 0 Å². The fourth-order valence-corrected chi connectivity index (χ4v) is 3.20. The molecule has 96 valence electrons. The summed E-state index contributed by atoms with van der Waals surface area (Å²) in [5.41, 5.74) is 6.71. The van der Waals surface area contributed by atoms with Crippen molar-refractivity contribution in [2.45, 2.75) is 58.9 Å². The second kappa shape index (κ2) is 5.05. The lowest BCUT2D eigenvalue weighted by molar-refractivity contribution is 0.0369. The molecule has 0 aliphatic heterocycles. The van der Waals surface area contributed by atoms with E-state index in [9.17, 15) is 0 Å². The Bertz CT molecular complexity index is 219. The van der Waals surface area contributed by atoms with Crippen molar-refractivity contribution in [2.24, 2.45) is 17.1 Å². The van der Waals surface area contributed by atoms with E-state index in [0.29, 0.717) is 5.41 Å². The van der Waals surface area contributed by atoms with E-state index in [2.05, 4.69) is 39.6 Å². The van der Waals surface area contributed by atoms with Crippen molar-refractivity contribution in [3.8, 4) is 0 Å². The van der Waals surface area contributed by atoms with Crippen LogP contribution in [0.2, 0.25) is 0 Å². The van der Waals surface area contributed by atoms with Gasteiger partial charge in [0.15, 0.2) is 0 Å². The zero-order valence-electron chi connectivity index (χ0n) is 11.8. The van der Waals surface area contributed by atoms with Gasteiger partial charge in [-0.15, -0.1) is 0 Å². The number of hydrogen-bond donors (Lipinski definition) is 1. The van der Waals surface area contributed by atoms with Gasteiger partial charge in [0, 0.05) is 18.6 Å². The van der Waals surface area contributed by atoms with E-state index in [4.69, 9.17) is 5.73 Å². The molecular weight excluding hydrogens is 196 g/mol. The molecule has 0 aromatic carbocycles. The van der Waals surface area contributed by atoms with Crippen molar-refractivity contribution in [1.82, 2.24) is 4.90 Å². The zero-order chi connectivity index (χ0) is 12.4. The van der Waals surface area contributed by atoms with Crippen LogP contribution in [0, 0.1) is 11.3 Å². The van der Waals surface area contributed by atoms with Crippen LogP contribution in [0.4, 0.5) is 0 Å². The van der Waals surface area contributed by atoms with Gasteiger partial charge in [-0.2, -0.15) is 0 Å². The lowest BCUT2D eigenvalue weighted by Gasteiger charge is -2.48. The predicted molar refractivity (Wildman–Crippen MR) is 71.5 cm³/mol. The summed E-state index contributed by atoms with van der Waals surface area (Å²) in [4.78, 5) is 2.53. The summed E-state index contributed by atoms with van der Waals surface area (Å²) in [5, 5.41) is 0. The van der Waals surface area contributed by atoms with Crippen molar-refractivity contribution in [2.75, 3.05) is 20.1 Å². The van der Waals surface area contributed by atoms with E-state index >= 15 is 0 Å². The van der Waals surface area contributed by atoms with Crippen LogP contribution in [-0.2, 0) is 0 Å².